The summed E-state index contributed by atoms with van der Waals surface area (Å²) in [7, 11) is 1.84. The summed E-state index contributed by atoms with van der Waals surface area (Å²) in [6.07, 6.45) is 0.833. The summed E-state index contributed by atoms with van der Waals surface area (Å²) < 4.78 is 0. The lowest BCUT2D eigenvalue weighted by Gasteiger charge is -2.27. The molecular formula is C15H22N6O. The molecule has 0 spiro atoms. The van der Waals surface area contributed by atoms with E-state index < -0.39 is 5.54 Å². The fraction of sp³-hybridized carbons (Fsp3) is 0.533. The van der Waals surface area contributed by atoms with E-state index in [1.807, 2.05) is 27.0 Å². The molecule has 4 N–H and O–H groups in total. The summed E-state index contributed by atoms with van der Waals surface area (Å²) in [5, 5.41) is 20.3. The van der Waals surface area contributed by atoms with Crippen molar-refractivity contribution in [3.63, 3.8) is 0 Å². The second-order valence-corrected chi connectivity index (χ2v) is 5.92. The highest BCUT2D eigenvalue weighted by molar-refractivity contribution is 5.90. The van der Waals surface area contributed by atoms with Gasteiger partial charge in [0.2, 0.25) is 5.95 Å². The molecule has 1 aliphatic heterocycles. The third-order valence-corrected chi connectivity index (χ3v) is 4.15. The molecule has 22 heavy (non-hydrogen) atoms. The number of aliphatic hydroxyl groups excluding tert-OH is 1. The van der Waals surface area contributed by atoms with Gasteiger partial charge in [-0.3, -0.25) is 0 Å². The molecule has 2 aromatic rings. The quantitative estimate of drug-likeness (QED) is 0.664. The Balaban J connectivity index is 2.07. The van der Waals surface area contributed by atoms with Crippen LogP contribution >= 0.6 is 0 Å². The van der Waals surface area contributed by atoms with Gasteiger partial charge >= 0.3 is 0 Å². The van der Waals surface area contributed by atoms with Crippen LogP contribution in [0.5, 0.6) is 0 Å². The summed E-state index contributed by atoms with van der Waals surface area (Å²) >= 11 is 0. The number of fused-ring (bicyclic) bond motifs is 1. The summed E-state index contributed by atoms with van der Waals surface area (Å²) in [6, 6.07) is 2.02. The molecule has 0 aliphatic carbocycles. The van der Waals surface area contributed by atoms with Crippen LogP contribution in [0.15, 0.2) is 6.07 Å². The standard InChI is InChI=1S/C15H22N6O/c1-9-6-10(2)18-13-11(9)12(16-3)19-14(20-13)21-15(8-22)4-5-17-7-15/h6,17,22H,4-5,7-8H2,1-3H3,(H2,16,18,19,20,21)/t15-/m0/s1. The van der Waals surface area contributed by atoms with Gasteiger partial charge < -0.3 is 21.1 Å². The summed E-state index contributed by atoms with van der Waals surface area (Å²) in [4.78, 5) is 13.6. The van der Waals surface area contributed by atoms with E-state index in [0.29, 0.717) is 18.1 Å². The minimum Gasteiger partial charge on any atom is -0.394 e. The number of pyridine rings is 1. The van der Waals surface area contributed by atoms with Crippen molar-refractivity contribution >= 4 is 22.8 Å². The van der Waals surface area contributed by atoms with Crippen molar-refractivity contribution in [2.24, 2.45) is 0 Å². The number of aromatic nitrogens is 3. The highest BCUT2D eigenvalue weighted by Crippen LogP contribution is 2.26. The topological polar surface area (TPSA) is 95.0 Å². The Morgan fingerprint density at radius 1 is 1.32 bits per heavy atom. The lowest BCUT2D eigenvalue weighted by Crippen LogP contribution is -2.44. The molecule has 3 heterocycles. The van der Waals surface area contributed by atoms with Crippen molar-refractivity contribution in [2.75, 3.05) is 37.4 Å². The summed E-state index contributed by atoms with van der Waals surface area (Å²) in [6.45, 7) is 5.59. The Kier molecular flexibility index (Phi) is 3.84. The average molecular weight is 302 g/mol. The monoisotopic (exact) mass is 302 g/mol. The lowest BCUT2D eigenvalue weighted by molar-refractivity contribution is 0.222. The van der Waals surface area contributed by atoms with Gasteiger partial charge in [0.15, 0.2) is 5.65 Å². The number of rotatable bonds is 4. The molecule has 0 amide bonds. The Hall–Kier alpha value is -1.99. The fourth-order valence-corrected chi connectivity index (χ4v) is 2.98. The number of hydrogen-bond donors (Lipinski definition) is 4. The Morgan fingerprint density at radius 2 is 2.14 bits per heavy atom. The van der Waals surface area contributed by atoms with Crippen molar-refractivity contribution in [2.45, 2.75) is 25.8 Å². The first-order chi connectivity index (χ1) is 10.6. The van der Waals surface area contributed by atoms with Crippen LogP contribution in [0.2, 0.25) is 0 Å². The maximum absolute atomic E-state index is 9.72. The predicted molar refractivity (Wildman–Crippen MR) is 87.3 cm³/mol. The molecule has 3 rings (SSSR count). The van der Waals surface area contributed by atoms with E-state index in [1.54, 1.807) is 0 Å². The van der Waals surface area contributed by atoms with Gasteiger partial charge in [0, 0.05) is 19.3 Å². The van der Waals surface area contributed by atoms with Crippen molar-refractivity contribution in [1.82, 2.24) is 20.3 Å². The van der Waals surface area contributed by atoms with E-state index in [9.17, 15) is 5.11 Å². The van der Waals surface area contributed by atoms with Gasteiger partial charge in [-0.1, -0.05) is 0 Å². The largest absolute Gasteiger partial charge is 0.394 e. The maximum atomic E-state index is 9.72. The molecule has 0 saturated carbocycles. The normalized spacial score (nSPS) is 21.3. The zero-order chi connectivity index (χ0) is 15.7. The molecule has 7 nitrogen and oxygen atoms in total. The molecule has 1 saturated heterocycles. The van der Waals surface area contributed by atoms with Gasteiger partial charge in [0.1, 0.15) is 5.82 Å². The van der Waals surface area contributed by atoms with E-state index in [2.05, 4.69) is 30.9 Å². The molecule has 1 atom stereocenters. The highest BCUT2D eigenvalue weighted by atomic mass is 16.3. The molecule has 0 bridgehead atoms. The van der Waals surface area contributed by atoms with Crippen molar-refractivity contribution in [1.29, 1.82) is 0 Å². The van der Waals surface area contributed by atoms with Crippen LogP contribution in [0.25, 0.3) is 11.0 Å². The van der Waals surface area contributed by atoms with Crippen LogP contribution in [0.1, 0.15) is 17.7 Å². The van der Waals surface area contributed by atoms with Crippen molar-refractivity contribution in [3.05, 3.63) is 17.3 Å². The number of nitrogens with zero attached hydrogens (tertiary/aromatic N) is 3. The van der Waals surface area contributed by atoms with Crippen LogP contribution in [0, 0.1) is 13.8 Å². The SMILES string of the molecule is CNc1nc(N[C@@]2(CO)CCNC2)nc2nc(C)cc(C)c12. The van der Waals surface area contributed by atoms with Gasteiger partial charge in [0.25, 0.3) is 0 Å². The first-order valence-corrected chi connectivity index (χ1v) is 7.50. The Labute approximate surface area is 129 Å². The minimum atomic E-state index is -0.405. The van der Waals surface area contributed by atoms with E-state index in [-0.39, 0.29) is 6.61 Å². The van der Waals surface area contributed by atoms with Crippen LogP contribution < -0.4 is 16.0 Å². The zero-order valence-electron chi connectivity index (χ0n) is 13.2. The maximum Gasteiger partial charge on any atom is 0.227 e. The highest BCUT2D eigenvalue weighted by Gasteiger charge is 2.34. The fourth-order valence-electron chi connectivity index (χ4n) is 2.98. The van der Waals surface area contributed by atoms with Gasteiger partial charge in [-0.15, -0.1) is 0 Å². The van der Waals surface area contributed by atoms with E-state index in [0.717, 1.165) is 35.4 Å². The molecule has 7 heteroatoms. The number of anilines is 2. The third kappa shape index (κ3) is 2.57. The average Bonchev–Trinajstić information content (AvgIpc) is 2.94. The Bertz CT molecular complexity index is 696. The van der Waals surface area contributed by atoms with E-state index in [4.69, 9.17) is 0 Å². The molecule has 0 unspecified atom stereocenters. The number of aryl methyl sites for hydroxylation is 2. The third-order valence-electron chi connectivity index (χ3n) is 4.15. The summed E-state index contributed by atoms with van der Waals surface area (Å²) in [5.41, 5.74) is 2.28. The number of aliphatic hydroxyl groups is 1. The molecule has 1 aliphatic rings. The number of nitrogens with one attached hydrogen (secondary N) is 3. The number of hydrogen-bond acceptors (Lipinski definition) is 7. The first-order valence-electron chi connectivity index (χ1n) is 7.50. The lowest BCUT2D eigenvalue weighted by atomic mass is 10.0. The molecule has 1 fully saturated rings. The second kappa shape index (κ2) is 5.66. The zero-order valence-corrected chi connectivity index (χ0v) is 13.2. The predicted octanol–water partition coefficient (Wildman–Crippen LogP) is 0.820. The van der Waals surface area contributed by atoms with Gasteiger partial charge in [-0.25, -0.2) is 4.98 Å². The van der Waals surface area contributed by atoms with E-state index >= 15 is 0 Å². The van der Waals surface area contributed by atoms with Gasteiger partial charge in [-0.2, -0.15) is 9.97 Å². The van der Waals surface area contributed by atoms with E-state index in [1.165, 1.54) is 0 Å². The molecule has 0 radical (unpaired) electrons. The first kappa shape index (κ1) is 14.9. The summed E-state index contributed by atoms with van der Waals surface area (Å²) in [5.74, 6) is 1.24. The van der Waals surface area contributed by atoms with Crippen molar-refractivity contribution < 1.29 is 5.11 Å². The smallest absolute Gasteiger partial charge is 0.227 e. The van der Waals surface area contributed by atoms with Gasteiger partial charge in [0.05, 0.1) is 17.5 Å². The molecule has 0 aromatic carbocycles. The van der Waals surface area contributed by atoms with Crippen LogP contribution in [-0.4, -0.2) is 52.3 Å². The molecular weight excluding hydrogens is 280 g/mol. The van der Waals surface area contributed by atoms with Crippen LogP contribution in [0.4, 0.5) is 11.8 Å². The Morgan fingerprint density at radius 3 is 2.77 bits per heavy atom. The second-order valence-electron chi connectivity index (χ2n) is 5.92. The van der Waals surface area contributed by atoms with Gasteiger partial charge in [-0.05, 0) is 38.4 Å². The molecule has 118 valence electrons. The van der Waals surface area contributed by atoms with Crippen molar-refractivity contribution in [3.8, 4) is 0 Å². The van der Waals surface area contributed by atoms with Crippen LogP contribution in [-0.2, 0) is 0 Å². The minimum absolute atomic E-state index is 0.0383. The molecule has 2 aromatic heterocycles. The van der Waals surface area contributed by atoms with Crippen LogP contribution in [0.3, 0.4) is 0 Å².